The van der Waals surface area contributed by atoms with Crippen molar-refractivity contribution < 1.29 is 9.29 Å². The molecule has 0 radical (unpaired) electrons. The van der Waals surface area contributed by atoms with Gasteiger partial charge in [0, 0.05) is 5.56 Å². The van der Waals surface area contributed by atoms with E-state index in [9.17, 15) is 4.39 Å². The van der Waals surface area contributed by atoms with Crippen LogP contribution >= 0.6 is 0 Å². The van der Waals surface area contributed by atoms with Crippen LogP contribution in [0.5, 0.6) is 0 Å². The molecular weight excluding hydrogens is 305 g/mol. The SMILES string of the molecule is Fc1ccc([C@@H](c2nnnn2C2CCCC2)[NH+]2CCCCC2)cc1. The van der Waals surface area contributed by atoms with Gasteiger partial charge in [-0.1, -0.05) is 12.8 Å². The Bertz CT molecular complexity index is 656. The Morgan fingerprint density at radius 2 is 1.71 bits per heavy atom. The number of halogens is 1. The number of likely N-dealkylation sites (tertiary alicyclic amines) is 1. The number of quaternary nitrogens is 1. The first-order chi connectivity index (χ1) is 11.8. The van der Waals surface area contributed by atoms with Crippen LogP contribution in [0, 0.1) is 5.82 Å². The van der Waals surface area contributed by atoms with E-state index >= 15 is 0 Å². The highest BCUT2D eigenvalue weighted by atomic mass is 19.1. The van der Waals surface area contributed by atoms with Gasteiger partial charge in [0.15, 0.2) is 6.04 Å². The number of nitrogens with zero attached hydrogens (tertiary/aromatic N) is 4. The molecule has 2 fully saturated rings. The van der Waals surface area contributed by atoms with E-state index in [0.717, 1.165) is 37.3 Å². The smallest absolute Gasteiger partial charge is 0.214 e. The van der Waals surface area contributed by atoms with Gasteiger partial charge in [-0.05, 0) is 66.8 Å². The lowest BCUT2D eigenvalue weighted by molar-refractivity contribution is -0.931. The second kappa shape index (κ2) is 6.97. The number of rotatable bonds is 4. The fourth-order valence-electron chi connectivity index (χ4n) is 4.32. The highest BCUT2D eigenvalue weighted by Gasteiger charge is 2.34. The van der Waals surface area contributed by atoms with Gasteiger partial charge in [-0.3, -0.25) is 0 Å². The predicted octanol–water partition coefficient (Wildman–Crippen LogP) is 2.09. The molecule has 24 heavy (non-hydrogen) atoms. The number of hydrogen-bond donors (Lipinski definition) is 1. The van der Waals surface area contributed by atoms with Crippen LogP contribution in [0.4, 0.5) is 4.39 Å². The fraction of sp³-hybridized carbons (Fsp3) is 0.611. The molecule has 0 spiro atoms. The number of piperidine rings is 1. The second-order valence-corrected chi connectivity index (χ2v) is 7.12. The molecule has 1 N–H and O–H groups in total. The minimum absolute atomic E-state index is 0.0986. The Balaban J connectivity index is 1.72. The molecule has 2 heterocycles. The van der Waals surface area contributed by atoms with Gasteiger partial charge in [0.1, 0.15) is 5.82 Å². The molecule has 2 aliphatic rings. The van der Waals surface area contributed by atoms with Crippen molar-refractivity contribution in [1.82, 2.24) is 20.2 Å². The summed E-state index contributed by atoms with van der Waals surface area (Å²) in [6, 6.07) is 7.42. The molecule has 128 valence electrons. The Hall–Kier alpha value is -1.82. The van der Waals surface area contributed by atoms with Gasteiger partial charge < -0.3 is 4.90 Å². The van der Waals surface area contributed by atoms with Crippen LogP contribution in [0.25, 0.3) is 0 Å². The van der Waals surface area contributed by atoms with Crippen molar-refractivity contribution in [3.05, 3.63) is 41.5 Å². The van der Waals surface area contributed by atoms with Crippen LogP contribution in [0.3, 0.4) is 0 Å². The number of aromatic nitrogens is 4. The summed E-state index contributed by atoms with van der Waals surface area (Å²) in [7, 11) is 0. The Kier molecular flexibility index (Phi) is 4.56. The second-order valence-electron chi connectivity index (χ2n) is 7.12. The highest BCUT2D eigenvalue weighted by molar-refractivity contribution is 5.23. The van der Waals surface area contributed by atoms with Crippen LogP contribution in [0.15, 0.2) is 24.3 Å². The molecule has 1 aromatic heterocycles. The first kappa shape index (κ1) is 15.7. The first-order valence-corrected chi connectivity index (χ1v) is 9.21. The lowest BCUT2D eigenvalue weighted by atomic mass is 10.0. The third-order valence-electron chi connectivity index (χ3n) is 5.55. The summed E-state index contributed by atoms with van der Waals surface area (Å²) in [5.41, 5.74) is 1.11. The Morgan fingerprint density at radius 1 is 1.00 bits per heavy atom. The van der Waals surface area contributed by atoms with Crippen molar-refractivity contribution in [1.29, 1.82) is 0 Å². The minimum Gasteiger partial charge on any atom is -0.322 e. The lowest BCUT2D eigenvalue weighted by Crippen LogP contribution is -3.13. The maximum atomic E-state index is 13.4. The summed E-state index contributed by atoms with van der Waals surface area (Å²) in [4.78, 5) is 1.50. The lowest BCUT2D eigenvalue weighted by Gasteiger charge is -2.31. The normalized spacial score (nSPS) is 21.2. The summed E-state index contributed by atoms with van der Waals surface area (Å²) >= 11 is 0. The molecule has 1 atom stereocenters. The van der Waals surface area contributed by atoms with E-state index in [4.69, 9.17) is 0 Å². The monoisotopic (exact) mass is 330 g/mol. The molecule has 2 aromatic rings. The van der Waals surface area contributed by atoms with Crippen molar-refractivity contribution in [2.24, 2.45) is 0 Å². The van der Waals surface area contributed by atoms with Gasteiger partial charge in [-0.25, -0.2) is 9.07 Å². The van der Waals surface area contributed by atoms with Gasteiger partial charge in [0.25, 0.3) is 0 Å². The molecule has 4 rings (SSSR count). The molecule has 1 aliphatic carbocycles. The van der Waals surface area contributed by atoms with E-state index in [-0.39, 0.29) is 11.9 Å². The molecule has 6 heteroatoms. The van der Waals surface area contributed by atoms with Gasteiger partial charge in [-0.15, -0.1) is 5.10 Å². The fourth-order valence-corrected chi connectivity index (χ4v) is 4.32. The average Bonchev–Trinajstić information content (AvgIpc) is 3.29. The molecule has 1 aromatic carbocycles. The van der Waals surface area contributed by atoms with Crippen LogP contribution in [-0.4, -0.2) is 33.3 Å². The molecule has 5 nitrogen and oxygen atoms in total. The largest absolute Gasteiger partial charge is 0.322 e. The maximum Gasteiger partial charge on any atom is 0.214 e. The van der Waals surface area contributed by atoms with E-state index in [1.54, 1.807) is 12.1 Å². The maximum absolute atomic E-state index is 13.4. The molecule has 0 amide bonds. The molecule has 0 bridgehead atoms. The van der Waals surface area contributed by atoms with Crippen molar-refractivity contribution in [2.75, 3.05) is 13.1 Å². The van der Waals surface area contributed by atoms with E-state index in [1.165, 1.54) is 37.0 Å². The number of hydrogen-bond acceptors (Lipinski definition) is 3. The van der Waals surface area contributed by atoms with Crippen LogP contribution in [-0.2, 0) is 0 Å². The summed E-state index contributed by atoms with van der Waals surface area (Å²) in [5.74, 6) is 0.756. The number of benzene rings is 1. The Morgan fingerprint density at radius 3 is 2.42 bits per heavy atom. The summed E-state index contributed by atoms with van der Waals surface area (Å²) < 4.78 is 15.5. The van der Waals surface area contributed by atoms with E-state index in [2.05, 4.69) is 20.2 Å². The first-order valence-electron chi connectivity index (χ1n) is 9.21. The third-order valence-corrected chi connectivity index (χ3v) is 5.55. The molecular formula is C18H25FN5+. The van der Waals surface area contributed by atoms with E-state index < -0.39 is 0 Å². The average molecular weight is 330 g/mol. The van der Waals surface area contributed by atoms with Gasteiger partial charge >= 0.3 is 0 Å². The van der Waals surface area contributed by atoms with Crippen LogP contribution in [0.1, 0.15) is 68.4 Å². The quantitative estimate of drug-likeness (QED) is 0.934. The molecule has 1 aliphatic heterocycles. The van der Waals surface area contributed by atoms with E-state index in [1.807, 2.05) is 12.1 Å². The van der Waals surface area contributed by atoms with Crippen LogP contribution < -0.4 is 4.90 Å². The Labute approximate surface area is 141 Å². The molecule has 1 saturated heterocycles. The van der Waals surface area contributed by atoms with Gasteiger partial charge in [0.2, 0.25) is 5.82 Å². The van der Waals surface area contributed by atoms with Crippen molar-refractivity contribution in [3.8, 4) is 0 Å². The molecule has 0 unspecified atom stereocenters. The summed E-state index contributed by atoms with van der Waals surface area (Å²) in [6.45, 7) is 2.25. The third kappa shape index (κ3) is 3.07. The van der Waals surface area contributed by atoms with Crippen molar-refractivity contribution in [3.63, 3.8) is 0 Å². The van der Waals surface area contributed by atoms with Crippen molar-refractivity contribution in [2.45, 2.75) is 57.0 Å². The summed E-state index contributed by atoms with van der Waals surface area (Å²) in [6.07, 6.45) is 8.58. The minimum atomic E-state index is -0.193. The predicted molar refractivity (Wildman–Crippen MR) is 88.1 cm³/mol. The number of tetrazole rings is 1. The zero-order valence-electron chi connectivity index (χ0n) is 14.0. The van der Waals surface area contributed by atoms with E-state index in [0.29, 0.717) is 6.04 Å². The topological polar surface area (TPSA) is 48.0 Å². The van der Waals surface area contributed by atoms with Crippen LogP contribution in [0.2, 0.25) is 0 Å². The summed E-state index contributed by atoms with van der Waals surface area (Å²) in [5, 5.41) is 12.7. The standard InChI is InChI=1S/C18H24FN5/c19-15-10-8-14(9-11-15)17(23-12-4-1-5-13-23)18-20-21-22-24(18)16-6-2-3-7-16/h8-11,16-17H,1-7,12-13H2/p+1/t17-/m0/s1. The van der Waals surface area contributed by atoms with Gasteiger partial charge in [0.05, 0.1) is 19.1 Å². The molecule has 1 saturated carbocycles. The number of nitrogens with one attached hydrogen (secondary N) is 1. The highest BCUT2D eigenvalue weighted by Crippen LogP contribution is 2.31. The van der Waals surface area contributed by atoms with Gasteiger partial charge in [-0.2, -0.15) is 0 Å². The zero-order valence-corrected chi connectivity index (χ0v) is 14.0. The van der Waals surface area contributed by atoms with Crippen molar-refractivity contribution >= 4 is 0 Å². The zero-order chi connectivity index (χ0) is 16.4.